The van der Waals surface area contributed by atoms with Crippen molar-refractivity contribution < 1.29 is 9.84 Å². The molecule has 21 heavy (non-hydrogen) atoms. The number of aliphatic hydroxyl groups is 1. The second-order valence-corrected chi connectivity index (χ2v) is 6.22. The quantitative estimate of drug-likeness (QED) is 0.872. The van der Waals surface area contributed by atoms with E-state index in [1.807, 2.05) is 12.3 Å². The molecular weight excluding hydrogens is 268 g/mol. The van der Waals surface area contributed by atoms with Crippen LogP contribution < -0.4 is 4.90 Å². The Morgan fingerprint density at radius 2 is 2.24 bits per heavy atom. The molecule has 2 aliphatic heterocycles. The van der Waals surface area contributed by atoms with Gasteiger partial charge in [-0.3, -0.25) is 0 Å². The highest BCUT2D eigenvalue weighted by atomic mass is 16.5. The van der Waals surface area contributed by atoms with Gasteiger partial charge in [-0.2, -0.15) is 0 Å². The summed E-state index contributed by atoms with van der Waals surface area (Å²) in [6, 6.07) is 2.14. The van der Waals surface area contributed by atoms with Gasteiger partial charge in [-0.25, -0.2) is 9.97 Å². The average molecular weight is 288 g/mol. The standard InChI is InChI=1S/C15H20N4O2/c20-8-11-7-15(2-5-21-6-3-15)9-19(11)14-12-1-4-16-13(12)17-10-18-14/h1,4,10-11,20H,2-3,5-9H2,(H,16,17,18)/t11-/m0/s1. The van der Waals surface area contributed by atoms with Crippen LogP contribution >= 0.6 is 0 Å². The van der Waals surface area contributed by atoms with E-state index in [4.69, 9.17) is 4.74 Å². The van der Waals surface area contributed by atoms with E-state index in [2.05, 4.69) is 19.9 Å². The fraction of sp³-hybridized carbons (Fsp3) is 0.600. The molecule has 0 amide bonds. The van der Waals surface area contributed by atoms with Crippen LogP contribution in [-0.2, 0) is 4.74 Å². The number of hydrogen-bond acceptors (Lipinski definition) is 5. The molecule has 6 nitrogen and oxygen atoms in total. The molecule has 2 aromatic rings. The summed E-state index contributed by atoms with van der Waals surface area (Å²) in [6.07, 6.45) is 6.64. The van der Waals surface area contributed by atoms with Crippen molar-refractivity contribution in [2.75, 3.05) is 31.3 Å². The van der Waals surface area contributed by atoms with E-state index >= 15 is 0 Å². The van der Waals surface area contributed by atoms with Crippen LogP contribution in [0.15, 0.2) is 18.6 Å². The highest BCUT2D eigenvalue weighted by Gasteiger charge is 2.45. The van der Waals surface area contributed by atoms with E-state index in [9.17, 15) is 5.11 Å². The first-order valence-corrected chi connectivity index (χ1v) is 7.55. The fourth-order valence-corrected chi connectivity index (χ4v) is 3.83. The van der Waals surface area contributed by atoms with Crippen LogP contribution in [0, 0.1) is 5.41 Å². The largest absolute Gasteiger partial charge is 0.394 e. The van der Waals surface area contributed by atoms with Crippen LogP contribution in [0.2, 0.25) is 0 Å². The first-order valence-electron chi connectivity index (χ1n) is 7.55. The molecule has 1 spiro atoms. The van der Waals surface area contributed by atoms with Gasteiger partial charge in [-0.1, -0.05) is 0 Å². The van der Waals surface area contributed by atoms with Crippen LogP contribution in [0.1, 0.15) is 19.3 Å². The molecule has 112 valence electrons. The predicted molar refractivity (Wildman–Crippen MR) is 79.2 cm³/mol. The highest BCUT2D eigenvalue weighted by molar-refractivity contribution is 5.87. The first-order chi connectivity index (χ1) is 10.3. The molecule has 2 aromatic heterocycles. The predicted octanol–water partition coefficient (Wildman–Crippen LogP) is 1.33. The summed E-state index contributed by atoms with van der Waals surface area (Å²) in [5, 5.41) is 10.8. The van der Waals surface area contributed by atoms with Gasteiger partial charge in [0.25, 0.3) is 0 Å². The van der Waals surface area contributed by atoms with Crippen molar-refractivity contribution >= 4 is 16.9 Å². The summed E-state index contributed by atoms with van der Waals surface area (Å²) in [4.78, 5) is 14.1. The molecule has 4 rings (SSSR count). The van der Waals surface area contributed by atoms with Crippen LogP contribution in [0.5, 0.6) is 0 Å². The van der Waals surface area contributed by atoms with Gasteiger partial charge in [0.2, 0.25) is 0 Å². The molecular formula is C15H20N4O2. The van der Waals surface area contributed by atoms with E-state index in [0.29, 0.717) is 0 Å². The number of aromatic nitrogens is 3. The topological polar surface area (TPSA) is 74.3 Å². The summed E-state index contributed by atoms with van der Waals surface area (Å²) in [7, 11) is 0. The average Bonchev–Trinajstić information content (AvgIpc) is 3.12. The van der Waals surface area contributed by atoms with E-state index in [0.717, 1.165) is 55.9 Å². The summed E-state index contributed by atoms with van der Waals surface area (Å²) in [6.45, 7) is 2.77. The zero-order chi connectivity index (χ0) is 14.3. The van der Waals surface area contributed by atoms with Crippen molar-refractivity contribution in [3.8, 4) is 0 Å². The lowest BCUT2D eigenvalue weighted by atomic mass is 9.78. The highest BCUT2D eigenvalue weighted by Crippen LogP contribution is 2.44. The number of aromatic amines is 1. The van der Waals surface area contributed by atoms with Crippen LogP contribution in [0.25, 0.3) is 11.0 Å². The third kappa shape index (κ3) is 2.10. The molecule has 0 bridgehead atoms. The van der Waals surface area contributed by atoms with E-state index in [1.54, 1.807) is 6.33 Å². The number of ether oxygens (including phenoxy) is 1. The Morgan fingerprint density at radius 3 is 3.05 bits per heavy atom. The summed E-state index contributed by atoms with van der Waals surface area (Å²) in [5.74, 6) is 0.934. The van der Waals surface area contributed by atoms with Crippen LogP contribution in [0.4, 0.5) is 5.82 Å². The van der Waals surface area contributed by atoms with Gasteiger partial charge in [0.1, 0.15) is 17.8 Å². The second-order valence-electron chi connectivity index (χ2n) is 6.22. The molecule has 1 atom stereocenters. The Bertz CT molecular complexity index is 635. The number of aliphatic hydroxyl groups excluding tert-OH is 1. The number of nitrogens with one attached hydrogen (secondary N) is 1. The zero-order valence-electron chi connectivity index (χ0n) is 12.0. The lowest BCUT2D eigenvalue weighted by Crippen LogP contribution is -2.35. The summed E-state index contributed by atoms with van der Waals surface area (Å²) >= 11 is 0. The zero-order valence-corrected chi connectivity index (χ0v) is 12.0. The summed E-state index contributed by atoms with van der Waals surface area (Å²) in [5.41, 5.74) is 1.11. The Hall–Kier alpha value is -1.66. The number of rotatable bonds is 2. The fourth-order valence-electron chi connectivity index (χ4n) is 3.83. The molecule has 0 aliphatic carbocycles. The minimum Gasteiger partial charge on any atom is -0.394 e. The molecule has 4 heterocycles. The summed E-state index contributed by atoms with van der Waals surface area (Å²) < 4.78 is 5.51. The molecule has 0 unspecified atom stereocenters. The van der Waals surface area contributed by atoms with Crippen molar-refractivity contribution in [3.05, 3.63) is 18.6 Å². The Kier molecular flexibility index (Phi) is 3.08. The van der Waals surface area contributed by atoms with E-state index in [-0.39, 0.29) is 18.1 Å². The van der Waals surface area contributed by atoms with Crippen LogP contribution in [0.3, 0.4) is 0 Å². The molecule has 2 saturated heterocycles. The van der Waals surface area contributed by atoms with Gasteiger partial charge in [0.15, 0.2) is 0 Å². The van der Waals surface area contributed by atoms with Crippen molar-refractivity contribution in [1.82, 2.24) is 15.0 Å². The Labute approximate surface area is 123 Å². The molecule has 6 heteroatoms. The molecule has 2 aliphatic rings. The van der Waals surface area contributed by atoms with Gasteiger partial charge < -0.3 is 19.7 Å². The maximum absolute atomic E-state index is 9.81. The van der Waals surface area contributed by atoms with Crippen molar-refractivity contribution in [3.63, 3.8) is 0 Å². The number of fused-ring (bicyclic) bond motifs is 1. The minimum absolute atomic E-state index is 0.135. The first kappa shape index (κ1) is 13.0. The molecule has 0 radical (unpaired) electrons. The van der Waals surface area contributed by atoms with E-state index in [1.165, 1.54) is 0 Å². The Morgan fingerprint density at radius 1 is 1.38 bits per heavy atom. The maximum Gasteiger partial charge on any atom is 0.142 e. The van der Waals surface area contributed by atoms with Crippen molar-refractivity contribution in [2.45, 2.75) is 25.3 Å². The molecule has 2 fully saturated rings. The maximum atomic E-state index is 9.81. The third-order valence-corrected chi connectivity index (χ3v) is 4.98. The smallest absolute Gasteiger partial charge is 0.142 e. The number of H-pyrrole nitrogens is 1. The van der Waals surface area contributed by atoms with Crippen LogP contribution in [-0.4, -0.2) is 52.5 Å². The van der Waals surface area contributed by atoms with E-state index < -0.39 is 0 Å². The number of anilines is 1. The van der Waals surface area contributed by atoms with Crippen molar-refractivity contribution in [2.24, 2.45) is 5.41 Å². The minimum atomic E-state index is 0.135. The lowest BCUT2D eigenvalue weighted by molar-refractivity contribution is 0.0230. The van der Waals surface area contributed by atoms with Gasteiger partial charge in [-0.05, 0) is 30.7 Å². The number of nitrogens with zero attached hydrogens (tertiary/aromatic N) is 3. The van der Waals surface area contributed by atoms with Gasteiger partial charge in [0.05, 0.1) is 18.0 Å². The normalized spacial score (nSPS) is 25.0. The SMILES string of the molecule is OC[C@@H]1CC2(CCOCC2)CN1c1ncnc2[nH]ccc12. The van der Waals surface area contributed by atoms with Gasteiger partial charge in [-0.15, -0.1) is 0 Å². The molecule has 0 aromatic carbocycles. The van der Waals surface area contributed by atoms with Gasteiger partial charge in [0, 0.05) is 26.0 Å². The third-order valence-electron chi connectivity index (χ3n) is 4.98. The van der Waals surface area contributed by atoms with Crippen molar-refractivity contribution in [1.29, 1.82) is 0 Å². The molecule has 2 N–H and O–H groups in total. The second kappa shape index (κ2) is 4.96. The number of hydrogen-bond donors (Lipinski definition) is 2. The lowest BCUT2D eigenvalue weighted by Gasteiger charge is -2.33. The molecule has 0 saturated carbocycles. The van der Waals surface area contributed by atoms with Gasteiger partial charge >= 0.3 is 0 Å². The monoisotopic (exact) mass is 288 g/mol. The Balaban J connectivity index is 1.71.